The van der Waals surface area contributed by atoms with Crippen LogP contribution in [0, 0.1) is 20.8 Å². The fourth-order valence-electron chi connectivity index (χ4n) is 3.21. The van der Waals surface area contributed by atoms with E-state index in [2.05, 4.69) is 4.72 Å². The van der Waals surface area contributed by atoms with E-state index >= 15 is 0 Å². The van der Waals surface area contributed by atoms with E-state index in [0.29, 0.717) is 11.1 Å². The molecule has 28 heavy (non-hydrogen) atoms. The molecule has 0 heterocycles. The summed E-state index contributed by atoms with van der Waals surface area (Å²) in [7, 11) is -1.68. The number of carbonyl (C=O) groups excluding carboxylic acids is 2. The number of hydrogen-bond acceptors (Lipinski definition) is 6. The molecule has 0 aliphatic rings. The lowest BCUT2D eigenvalue weighted by Crippen LogP contribution is -2.26. The molecule has 0 aromatic heterocycles. The zero-order chi connectivity index (χ0) is 21.1. The van der Waals surface area contributed by atoms with Gasteiger partial charge in [0.2, 0.25) is 0 Å². The average molecular weight is 405 g/mol. The molecule has 0 amide bonds. The predicted octanol–water partition coefficient (Wildman–Crippen LogP) is 2.84. The molecular weight excluding hydrogens is 382 g/mol. The lowest BCUT2D eigenvalue weighted by Gasteiger charge is -2.19. The van der Waals surface area contributed by atoms with E-state index in [1.807, 2.05) is 6.92 Å². The minimum absolute atomic E-state index is 0.0997. The molecule has 0 aliphatic heterocycles. The van der Waals surface area contributed by atoms with Crippen LogP contribution in [0.4, 0.5) is 5.69 Å². The molecule has 1 N–H and O–H groups in total. The zero-order valence-electron chi connectivity index (χ0n) is 16.4. The number of aryl methyl sites for hydroxylation is 3. The van der Waals surface area contributed by atoms with E-state index in [1.165, 1.54) is 12.1 Å². The number of ether oxygens (including phenoxy) is 2. The molecule has 2 aromatic carbocycles. The van der Waals surface area contributed by atoms with Crippen LogP contribution < -0.4 is 4.72 Å². The first-order chi connectivity index (χ1) is 13.1. The number of methoxy groups -OCH3 is 2. The number of benzene rings is 2. The zero-order valence-corrected chi connectivity index (χ0v) is 17.2. The predicted molar refractivity (Wildman–Crippen MR) is 105 cm³/mol. The van der Waals surface area contributed by atoms with Crippen LogP contribution in [0.5, 0.6) is 0 Å². The highest BCUT2D eigenvalue weighted by Gasteiger charge is 2.33. The van der Waals surface area contributed by atoms with Crippen molar-refractivity contribution in [2.75, 3.05) is 18.9 Å². The maximum atomic E-state index is 13.1. The van der Waals surface area contributed by atoms with Crippen molar-refractivity contribution >= 4 is 27.6 Å². The molecule has 0 fully saturated rings. The topological polar surface area (TPSA) is 98.8 Å². The molecular formula is C20H23NO6S. The second kappa shape index (κ2) is 8.43. The summed E-state index contributed by atoms with van der Waals surface area (Å²) in [6, 6.07) is 9.70. The molecule has 2 rings (SSSR count). The van der Waals surface area contributed by atoms with Crippen LogP contribution in [0.25, 0.3) is 0 Å². The Hall–Kier alpha value is -2.87. The molecule has 0 aliphatic carbocycles. The molecule has 7 nitrogen and oxygen atoms in total. The van der Waals surface area contributed by atoms with Crippen LogP contribution in [0.2, 0.25) is 0 Å². The highest BCUT2D eigenvalue weighted by Crippen LogP contribution is 2.30. The Kier molecular flexibility index (Phi) is 6.45. The van der Waals surface area contributed by atoms with Gasteiger partial charge in [-0.3, -0.25) is 14.3 Å². The Bertz CT molecular complexity index is 974. The van der Waals surface area contributed by atoms with Crippen LogP contribution in [0.1, 0.15) is 28.2 Å². The molecule has 0 saturated heterocycles. The smallest absolute Gasteiger partial charge is 0.324 e. The lowest BCUT2D eigenvalue weighted by molar-refractivity contribution is -0.154. The van der Waals surface area contributed by atoms with Gasteiger partial charge in [0.25, 0.3) is 10.0 Å². The van der Waals surface area contributed by atoms with Gasteiger partial charge < -0.3 is 9.47 Å². The van der Waals surface area contributed by atoms with Gasteiger partial charge in [-0.05, 0) is 38.0 Å². The Labute approximate surface area is 164 Å². The number of esters is 2. The summed E-state index contributed by atoms with van der Waals surface area (Å²) in [5.74, 6) is -3.10. The van der Waals surface area contributed by atoms with Gasteiger partial charge in [-0.1, -0.05) is 35.9 Å². The Balaban J connectivity index is 2.57. The summed E-state index contributed by atoms with van der Waals surface area (Å²) >= 11 is 0. The Morgan fingerprint density at radius 2 is 1.43 bits per heavy atom. The fourth-order valence-corrected chi connectivity index (χ4v) is 4.76. The van der Waals surface area contributed by atoms with E-state index in [9.17, 15) is 18.0 Å². The number of rotatable bonds is 6. The number of anilines is 1. The van der Waals surface area contributed by atoms with Crippen LogP contribution in [-0.2, 0) is 29.1 Å². The van der Waals surface area contributed by atoms with Crippen molar-refractivity contribution in [3.8, 4) is 0 Å². The second-order valence-corrected chi connectivity index (χ2v) is 8.02. The van der Waals surface area contributed by atoms with Gasteiger partial charge >= 0.3 is 11.9 Å². The number of sulfonamides is 1. The first kappa shape index (κ1) is 21.4. The third-order valence-electron chi connectivity index (χ3n) is 4.26. The van der Waals surface area contributed by atoms with Crippen molar-refractivity contribution in [2.24, 2.45) is 0 Å². The van der Waals surface area contributed by atoms with Crippen molar-refractivity contribution < 1.29 is 27.5 Å². The Morgan fingerprint density at radius 1 is 0.929 bits per heavy atom. The van der Waals surface area contributed by atoms with E-state index < -0.39 is 27.9 Å². The number of para-hydroxylation sites is 1. The summed E-state index contributed by atoms with van der Waals surface area (Å²) in [4.78, 5) is 24.4. The second-order valence-electron chi connectivity index (χ2n) is 6.40. The monoisotopic (exact) mass is 405 g/mol. The third-order valence-corrected chi connectivity index (χ3v) is 5.93. The lowest BCUT2D eigenvalue weighted by atomic mass is 9.97. The molecule has 8 heteroatoms. The maximum absolute atomic E-state index is 13.1. The molecule has 2 aromatic rings. The van der Waals surface area contributed by atoms with E-state index in [4.69, 9.17) is 9.47 Å². The first-order valence-corrected chi connectivity index (χ1v) is 9.96. The van der Waals surface area contributed by atoms with Crippen molar-refractivity contribution in [2.45, 2.75) is 31.6 Å². The van der Waals surface area contributed by atoms with Crippen molar-refractivity contribution in [3.05, 3.63) is 58.7 Å². The number of nitrogens with one attached hydrogen (secondary N) is 1. The van der Waals surface area contributed by atoms with Gasteiger partial charge in [0, 0.05) is 5.56 Å². The van der Waals surface area contributed by atoms with E-state index in [1.54, 1.807) is 38.1 Å². The Morgan fingerprint density at radius 3 is 1.93 bits per heavy atom. The minimum atomic E-state index is -3.97. The van der Waals surface area contributed by atoms with E-state index in [0.717, 1.165) is 19.8 Å². The molecule has 0 unspecified atom stereocenters. The first-order valence-electron chi connectivity index (χ1n) is 8.47. The van der Waals surface area contributed by atoms with Gasteiger partial charge in [-0.15, -0.1) is 0 Å². The number of hydrogen-bond donors (Lipinski definition) is 1. The molecule has 0 radical (unpaired) electrons. The van der Waals surface area contributed by atoms with Crippen molar-refractivity contribution in [1.29, 1.82) is 0 Å². The van der Waals surface area contributed by atoms with E-state index in [-0.39, 0.29) is 16.1 Å². The highest BCUT2D eigenvalue weighted by molar-refractivity contribution is 7.92. The molecule has 0 saturated carbocycles. The van der Waals surface area contributed by atoms with Gasteiger partial charge in [0.15, 0.2) is 5.92 Å². The van der Waals surface area contributed by atoms with Crippen molar-refractivity contribution in [3.63, 3.8) is 0 Å². The number of carbonyl (C=O) groups is 2. The maximum Gasteiger partial charge on any atom is 0.324 e. The van der Waals surface area contributed by atoms with Crippen LogP contribution in [0.3, 0.4) is 0 Å². The molecule has 0 spiro atoms. The largest absolute Gasteiger partial charge is 0.468 e. The van der Waals surface area contributed by atoms with Gasteiger partial charge in [0.05, 0.1) is 24.8 Å². The molecule has 0 atom stereocenters. The summed E-state index contributed by atoms with van der Waals surface area (Å²) in [6.07, 6.45) is 0. The van der Waals surface area contributed by atoms with Crippen LogP contribution in [0.15, 0.2) is 41.3 Å². The van der Waals surface area contributed by atoms with Gasteiger partial charge in [-0.2, -0.15) is 0 Å². The summed E-state index contributed by atoms with van der Waals surface area (Å²) < 4.78 is 38.0. The highest BCUT2D eigenvalue weighted by atomic mass is 32.2. The quantitative estimate of drug-likeness (QED) is 0.586. The average Bonchev–Trinajstić information content (AvgIpc) is 2.61. The normalized spacial score (nSPS) is 11.2. The fraction of sp³-hybridized carbons (Fsp3) is 0.300. The SMILES string of the molecule is COC(=O)C(C(=O)OC)c1ccccc1NS(=O)(=O)c1c(C)cc(C)cc1C. The summed E-state index contributed by atoms with van der Waals surface area (Å²) in [5, 5.41) is 0. The third kappa shape index (κ3) is 4.33. The van der Waals surface area contributed by atoms with Crippen molar-refractivity contribution in [1.82, 2.24) is 0 Å². The molecule has 0 bridgehead atoms. The van der Waals surface area contributed by atoms with Crippen LogP contribution in [-0.4, -0.2) is 34.6 Å². The summed E-state index contributed by atoms with van der Waals surface area (Å²) in [6.45, 7) is 5.31. The minimum Gasteiger partial charge on any atom is -0.468 e. The van der Waals surface area contributed by atoms with Gasteiger partial charge in [0.1, 0.15) is 0 Å². The molecule has 150 valence electrons. The van der Waals surface area contributed by atoms with Gasteiger partial charge in [-0.25, -0.2) is 8.42 Å². The van der Waals surface area contributed by atoms with Crippen LogP contribution >= 0.6 is 0 Å². The summed E-state index contributed by atoms with van der Waals surface area (Å²) in [5.41, 5.74) is 2.39. The standard InChI is InChI=1S/C20H23NO6S/c1-12-10-13(2)18(14(3)11-12)28(24,25)21-16-9-7-6-8-15(16)17(19(22)26-4)20(23)27-5/h6-11,17,21H,1-5H3.